The number of rotatable bonds is 11. The summed E-state index contributed by atoms with van der Waals surface area (Å²) in [6.07, 6.45) is 7.31. The number of nitrogens with zero attached hydrogens (tertiary/aromatic N) is 2. The molecule has 3 nitrogen and oxygen atoms in total. The van der Waals surface area contributed by atoms with Crippen molar-refractivity contribution >= 4 is 5.91 Å². The molecule has 27 heavy (non-hydrogen) atoms. The minimum absolute atomic E-state index is 0.150. The molecule has 0 aliphatic rings. The van der Waals surface area contributed by atoms with Crippen LogP contribution in [0.25, 0.3) is 0 Å². The first-order valence-corrected chi connectivity index (χ1v) is 10.6. The molecule has 0 spiro atoms. The second-order valence-electron chi connectivity index (χ2n) is 7.58. The molecule has 0 aliphatic carbocycles. The Labute approximate surface area is 165 Å². The molecule has 2 unspecified atom stereocenters. The summed E-state index contributed by atoms with van der Waals surface area (Å²) in [7, 11) is 0. The second kappa shape index (κ2) is 11.0. The zero-order valence-electron chi connectivity index (χ0n) is 17.5. The first-order valence-electron chi connectivity index (χ1n) is 10.6. The number of benzene rings is 1. The molecule has 0 N–H and O–H groups in total. The fourth-order valence-electron chi connectivity index (χ4n) is 3.56. The van der Waals surface area contributed by atoms with Gasteiger partial charge < -0.3 is 9.47 Å². The van der Waals surface area contributed by atoms with Crippen LogP contribution in [-0.2, 0) is 17.9 Å². The van der Waals surface area contributed by atoms with E-state index in [1.165, 1.54) is 11.3 Å². The lowest BCUT2D eigenvalue weighted by Gasteiger charge is -2.32. The number of unbranched alkanes of at least 4 members (excludes halogenated alkanes) is 1. The Kier molecular flexibility index (Phi) is 8.63. The summed E-state index contributed by atoms with van der Waals surface area (Å²) in [5.41, 5.74) is 2.49. The summed E-state index contributed by atoms with van der Waals surface area (Å²) in [5, 5.41) is 0. The summed E-state index contributed by atoms with van der Waals surface area (Å²) in [6.45, 7) is 10.2. The average molecular weight is 369 g/mol. The molecule has 148 valence electrons. The minimum Gasteiger partial charge on any atom is -0.345 e. The predicted octanol–water partition coefficient (Wildman–Crippen LogP) is 5.88. The van der Waals surface area contributed by atoms with Crippen molar-refractivity contribution in [2.45, 2.75) is 78.9 Å². The standard InChI is InChI=1S/C24H36N2O/c1-5-8-15-22(7-3)24(27)26(20(4)6-2)19-23-16-12-17-25(23)18-21-13-10-9-11-14-21/h9-14,16-17,20,22H,5-8,15,18-19H2,1-4H3. The highest BCUT2D eigenvalue weighted by Crippen LogP contribution is 2.21. The zero-order valence-corrected chi connectivity index (χ0v) is 17.5. The maximum Gasteiger partial charge on any atom is 0.226 e. The van der Waals surface area contributed by atoms with E-state index in [0.717, 1.165) is 38.6 Å². The average Bonchev–Trinajstić information content (AvgIpc) is 3.13. The van der Waals surface area contributed by atoms with Crippen molar-refractivity contribution in [2.75, 3.05) is 0 Å². The predicted molar refractivity (Wildman–Crippen MR) is 114 cm³/mol. The Bertz CT molecular complexity index is 677. The van der Waals surface area contributed by atoms with Crippen LogP contribution < -0.4 is 0 Å². The van der Waals surface area contributed by atoms with Gasteiger partial charge in [0.1, 0.15) is 0 Å². The van der Waals surface area contributed by atoms with Crippen molar-refractivity contribution in [1.29, 1.82) is 0 Å². The third kappa shape index (κ3) is 5.98. The van der Waals surface area contributed by atoms with Gasteiger partial charge in [-0.2, -0.15) is 0 Å². The van der Waals surface area contributed by atoms with E-state index in [0.29, 0.717) is 12.5 Å². The van der Waals surface area contributed by atoms with Crippen molar-refractivity contribution in [3.05, 3.63) is 59.9 Å². The zero-order chi connectivity index (χ0) is 19.6. The molecule has 0 bridgehead atoms. The van der Waals surface area contributed by atoms with Gasteiger partial charge in [0.05, 0.1) is 6.54 Å². The Morgan fingerprint density at radius 3 is 2.41 bits per heavy atom. The van der Waals surface area contributed by atoms with Crippen LogP contribution in [0.15, 0.2) is 48.7 Å². The summed E-state index contributed by atoms with van der Waals surface area (Å²) < 4.78 is 2.27. The number of carbonyl (C=O) groups excluding carboxylic acids is 1. The van der Waals surface area contributed by atoms with Crippen LogP contribution in [0.1, 0.15) is 71.1 Å². The SMILES string of the molecule is CCCCC(CC)C(=O)N(Cc1cccn1Cc1ccccc1)C(C)CC. The minimum atomic E-state index is 0.150. The highest BCUT2D eigenvalue weighted by molar-refractivity contribution is 5.79. The molecule has 3 heteroatoms. The normalized spacial score (nSPS) is 13.3. The van der Waals surface area contributed by atoms with Gasteiger partial charge in [-0.3, -0.25) is 4.79 Å². The molecule has 0 saturated carbocycles. The van der Waals surface area contributed by atoms with Crippen LogP contribution in [0.2, 0.25) is 0 Å². The molecule has 0 fully saturated rings. The number of hydrogen-bond donors (Lipinski definition) is 0. The van der Waals surface area contributed by atoms with Gasteiger partial charge in [-0.1, -0.05) is 63.9 Å². The van der Waals surface area contributed by atoms with Crippen LogP contribution in [0.3, 0.4) is 0 Å². The van der Waals surface area contributed by atoms with Crippen LogP contribution in [-0.4, -0.2) is 21.4 Å². The third-order valence-electron chi connectivity index (χ3n) is 5.61. The highest BCUT2D eigenvalue weighted by Gasteiger charge is 2.26. The molecule has 2 aromatic rings. The molecule has 1 amide bonds. The van der Waals surface area contributed by atoms with E-state index < -0.39 is 0 Å². The van der Waals surface area contributed by atoms with Crippen molar-refractivity contribution < 1.29 is 4.79 Å². The molecular weight excluding hydrogens is 332 g/mol. The number of carbonyl (C=O) groups is 1. The Morgan fingerprint density at radius 2 is 1.78 bits per heavy atom. The molecule has 0 saturated heterocycles. The van der Waals surface area contributed by atoms with Crippen LogP contribution in [0, 0.1) is 5.92 Å². The Morgan fingerprint density at radius 1 is 1.04 bits per heavy atom. The van der Waals surface area contributed by atoms with Gasteiger partial charge in [0.2, 0.25) is 5.91 Å². The van der Waals surface area contributed by atoms with Gasteiger partial charge in [0.15, 0.2) is 0 Å². The number of aromatic nitrogens is 1. The molecule has 2 atom stereocenters. The Balaban J connectivity index is 2.17. The molecule has 1 aromatic carbocycles. The molecule has 0 aliphatic heterocycles. The lowest BCUT2D eigenvalue weighted by atomic mass is 9.96. The molecule has 2 rings (SSSR count). The van der Waals surface area contributed by atoms with Crippen molar-refractivity contribution in [1.82, 2.24) is 9.47 Å². The van der Waals surface area contributed by atoms with E-state index in [9.17, 15) is 4.79 Å². The summed E-state index contributed by atoms with van der Waals surface area (Å²) >= 11 is 0. The third-order valence-corrected chi connectivity index (χ3v) is 5.61. The highest BCUT2D eigenvalue weighted by atomic mass is 16.2. The van der Waals surface area contributed by atoms with Gasteiger partial charge in [-0.05, 0) is 43.9 Å². The smallest absolute Gasteiger partial charge is 0.226 e. The fraction of sp³-hybridized carbons (Fsp3) is 0.542. The summed E-state index contributed by atoms with van der Waals surface area (Å²) in [5.74, 6) is 0.476. The van der Waals surface area contributed by atoms with E-state index in [4.69, 9.17) is 0 Å². The largest absolute Gasteiger partial charge is 0.345 e. The van der Waals surface area contributed by atoms with Crippen LogP contribution >= 0.6 is 0 Å². The maximum absolute atomic E-state index is 13.3. The number of amides is 1. The fourth-order valence-corrected chi connectivity index (χ4v) is 3.56. The lowest BCUT2D eigenvalue weighted by Crippen LogP contribution is -2.41. The molecule has 1 heterocycles. The van der Waals surface area contributed by atoms with Gasteiger partial charge in [-0.15, -0.1) is 0 Å². The van der Waals surface area contributed by atoms with E-state index in [2.05, 4.69) is 79.8 Å². The van der Waals surface area contributed by atoms with E-state index in [-0.39, 0.29) is 12.0 Å². The molecule has 0 radical (unpaired) electrons. The van der Waals surface area contributed by atoms with Crippen molar-refractivity contribution in [3.8, 4) is 0 Å². The van der Waals surface area contributed by atoms with Crippen LogP contribution in [0.5, 0.6) is 0 Å². The topological polar surface area (TPSA) is 25.2 Å². The van der Waals surface area contributed by atoms with Gasteiger partial charge in [0.25, 0.3) is 0 Å². The first-order chi connectivity index (χ1) is 13.1. The van der Waals surface area contributed by atoms with Crippen LogP contribution in [0.4, 0.5) is 0 Å². The Hall–Kier alpha value is -2.03. The number of hydrogen-bond acceptors (Lipinski definition) is 1. The van der Waals surface area contributed by atoms with Gasteiger partial charge in [0, 0.05) is 30.4 Å². The lowest BCUT2D eigenvalue weighted by molar-refractivity contribution is -0.139. The first kappa shape index (κ1) is 21.3. The van der Waals surface area contributed by atoms with Crippen molar-refractivity contribution in [3.63, 3.8) is 0 Å². The van der Waals surface area contributed by atoms with Gasteiger partial charge >= 0.3 is 0 Å². The summed E-state index contributed by atoms with van der Waals surface area (Å²) in [6, 6.07) is 15.0. The van der Waals surface area contributed by atoms with E-state index in [1.807, 2.05) is 6.07 Å². The van der Waals surface area contributed by atoms with E-state index in [1.54, 1.807) is 0 Å². The quantitative estimate of drug-likeness (QED) is 0.486. The monoisotopic (exact) mass is 368 g/mol. The van der Waals surface area contributed by atoms with Crippen molar-refractivity contribution in [2.24, 2.45) is 5.92 Å². The molecular formula is C24H36N2O. The molecule has 1 aromatic heterocycles. The second-order valence-corrected chi connectivity index (χ2v) is 7.58. The van der Waals surface area contributed by atoms with Gasteiger partial charge in [-0.25, -0.2) is 0 Å². The summed E-state index contributed by atoms with van der Waals surface area (Å²) in [4.78, 5) is 15.4. The maximum atomic E-state index is 13.3. The van der Waals surface area contributed by atoms with E-state index >= 15 is 0 Å².